The van der Waals surface area contributed by atoms with Gasteiger partial charge in [0.05, 0.1) is 18.0 Å². The van der Waals surface area contributed by atoms with Gasteiger partial charge >= 0.3 is 0 Å². The number of amides is 1. The van der Waals surface area contributed by atoms with Gasteiger partial charge in [-0.1, -0.05) is 42.1 Å². The van der Waals surface area contributed by atoms with Gasteiger partial charge in [-0.15, -0.1) is 5.10 Å². The smallest absolute Gasteiger partial charge is 0.230 e. The molecule has 1 amide bonds. The van der Waals surface area contributed by atoms with Crippen molar-refractivity contribution in [3.63, 3.8) is 0 Å². The molecule has 0 spiro atoms. The van der Waals surface area contributed by atoms with Gasteiger partial charge in [-0.25, -0.2) is 4.68 Å². The number of hydrogen-bond acceptors (Lipinski definition) is 6. The Morgan fingerprint density at radius 3 is 2.74 bits per heavy atom. The van der Waals surface area contributed by atoms with E-state index in [-0.39, 0.29) is 11.7 Å². The third kappa shape index (κ3) is 5.65. The van der Waals surface area contributed by atoms with Crippen LogP contribution < -0.4 is 5.32 Å². The topological polar surface area (TPSA) is 90.5 Å². The van der Waals surface area contributed by atoms with Gasteiger partial charge < -0.3 is 5.32 Å². The Kier molecular flexibility index (Phi) is 6.59. The van der Waals surface area contributed by atoms with Crippen LogP contribution >= 0.6 is 11.8 Å². The van der Waals surface area contributed by atoms with Crippen molar-refractivity contribution in [3.05, 3.63) is 53.3 Å². The number of nitrogens with one attached hydrogen (secondary N) is 1. The number of hydrogen-bond donors (Lipinski definition) is 1. The maximum absolute atomic E-state index is 12.1. The van der Waals surface area contributed by atoms with E-state index in [0.29, 0.717) is 18.2 Å². The highest BCUT2D eigenvalue weighted by Gasteiger charge is 2.10. The maximum Gasteiger partial charge on any atom is 0.230 e. The molecule has 0 bridgehead atoms. The first-order valence-corrected chi connectivity index (χ1v) is 9.81. The van der Waals surface area contributed by atoms with Crippen molar-refractivity contribution in [1.82, 2.24) is 35.3 Å². The zero-order chi connectivity index (χ0) is 19.1. The third-order valence-corrected chi connectivity index (χ3v) is 4.94. The molecule has 1 N–H and O–H groups in total. The summed E-state index contributed by atoms with van der Waals surface area (Å²) < 4.78 is 3.67. The number of tetrazole rings is 1. The molecule has 0 aliphatic rings. The summed E-state index contributed by atoms with van der Waals surface area (Å²) in [7, 11) is 0. The van der Waals surface area contributed by atoms with Crippen LogP contribution in [0.25, 0.3) is 0 Å². The average molecular weight is 385 g/mol. The first-order valence-electron chi connectivity index (χ1n) is 8.82. The summed E-state index contributed by atoms with van der Waals surface area (Å²) in [4.78, 5) is 12.1. The fraction of sp³-hybridized carbons (Fsp3) is 0.389. The van der Waals surface area contributed by atoms with Crippen molar-refractivity contribution in [2.45, 2.75) is 38.5 Å². The number of carbonyl (C=O) groups excluding carboxylic acids is 1. The number of nitrogens with zero attached hydrogens (tertiary/aromatic N) is 6. The Bertz CT molecular complexity index is 875. The van der Waals surface area contributed by atoms with Gasteiger partial charge in [0.15, 0.2) is 0 Å². The normalized spacial score (nSPS) is 10.9. The van der Waals surface area contributed by atoms with Crippen molar-refractivity contribution in [1.29, 1.82) is 0 Å². The molecule has 142 valence electrons. The molecular weight excluding hydrogens is 362 g/mol. The lowest BCUT2D eigenvalue weighted by Crippen LogP contribution is -2.27. The molecule has 0 radical (unpaired) electrons. The molecule has 0 atom stereocenters. The second kappa shape index (κ2) is 9.31. The van der Waals surface area contributed by atoms with E-state index < -0.39 is 0 Å². The average Bonchev–Trinajstić information content (AvgIpc) is 3.23. The maximum atomic E-state index is 12.1. The van der Waals surface area contributed by atoms with E-state index in [1.165, 1.54) is 11.8 Å². The van der Waals surface area contributed by atoms with Crippen molar-refractivity contribution in [3.8, 4) is 0 Å². The van der Waals surface area contributed by atoms with Crippen LogP contribution in [0, 0.1) is 13.8 Å². The molecule has 0 fully saturated rings. The largest absolute Gasteiger partial charge is 0.355 e. The Labute approximate surface area is 162 Å². The molecule has 27 heavy (non-hydrogen) atoms. The summed E-state index contributed by atoms with van der Waals surface area (Å²) >= 11 is 1.34. The molecule has 0 unspecified atom stereocenters. The van der Waals surface area contributed by atoms with Gasteiger partial charge in [-0.05, 0) is 42.3 Å². The number of thioether (sulfide) groups is 1. The van der Waals surface area contributed by atoms with E-state index in [2.05, 4.69) is 32.0 Å². The Hall–Kier alpha value is -2.68. The number of rotatable bonds is 9. The standard InChI is InChI=1S/C18H23N7OS/c1-14-11-15(2)24(21-14)10-6-9-19-17(26)13-27-18-20-22-23-25(18)12-16-7-4-3-5-8-16/h3-5,7-8,11H,6,9-10,12-13H2,1-2H3,(H,19,26). The highest BCUT2D eigenvalue weighted by molar-refractivity contribution is 7.99. The molecule has 3 rings (SSSR count). The summed E-state index contributed by atoms with van der Waals surface area (Å²) in [6.45, 7) is 6.01. The summed E-state index contributed by atoms with van der Waals surface area (Å²) in [6.07, 6.45) is 0.837. The zero-order valence-electron chi connectivity index (χ0n) is 15.5. The lowest BCUT2D eigenvalue weighted by molar-refractivity contribution is -0.118. The van der Waals surface area contributed by atoms with Gasteiger partial charge in [0.1, 0.15) is 0 Å². The van der Waals surface area contributed by atoms with Crippen molar-refractivity contribution >= 4 is 17.7 Å². The summed E-state index contributed by atoms with van der Waals surface area (Å²) in [5.74, 6) is 0.261. The molecule has 1 aromatic carbocycles. The quantitative estimate of drug-likeness (QED) is 0.446. The zero-order valence-corrected chi connectivity index (χ0v) is 16.3. The first kappa shape index (κ1) is 19.1. The Morgan fingerprint density at radius 1 is 1.19 bits per heavy atom. The van der Waals surface area contributed by atoms with Gasteiger partial charge in [-0.3, -0.25) is 9.48 Å². The minimum atomic E-state index is -0.0253. The molecule has 0 saturated carbocycles. The summed E-state index contributed by atoms with van der Waals surface area (Å²) in [6, 6.07) is 12.0. The van der Waals surface area contributed by atoms with Crippen molar-refractivity contribution < 1.29 is 4.79 Å². The molecule has 0 aliphatic carbocycles. The lowest BCUT2D eigenvalue weighted by Gasteiger charge is -2.07. The molecule has 9 heteroatoms. The van der Waals surface area contributed by atoms with E-state index in [4.69, 9.17) is 0 Å². The highest BCUT2D eigenvalue weighted by atomic mass is 32.2. The summed E-state index contributed by atoms with van der Waals surface area (Å²) in [5, 5.41) is 19.7. The summed E-state index contributed by atoms with van der Waals surface area (Å²) in [5.41, 5.74) is 3.26. The molecule has 8 nitrogen and oxygen atoms in total. The van der Waals surface area contributed by atoms with E-state index in [9.17, 15) is 4.79 Å². The van der Waals surface area contributed by atoms with E-state index >= 15 is 0 Å². The van der Waals surface area contributed by atoms with Gasteiger partial charge in [0.25, 0.3) is 0 Å². The van der Waals surface area contributed by atoms with Gasteiger partial charge in [0, 0.05) is 18.8 Å². The molecular formula is C18H23N7OS. The highest BCUT2D eigenvalue weighted by Crippen LogP contribution is 2.14. The number of benzene rings is 1. The van der Waals surface area contributed by atoms with E-state index in [1.54, 1.807) is 4.68 Å². The minimum Gasteiger partial charge on any atom is -0.355 e. The monoisotopic (exact) mass is 385 g/mol. The Balaban J connectivity index is 1.39. The molecule has 2 aromatic heterocycles. The fourth-order valence-corrected chi connectivity index (χ4v) is 3.40. The predicted molar refractivity (Wildman–Crippen MR) is 103 cm³/mol. The third-order valence-electron chi connectivity index (χ3n) is 3.98. The second-order valence-corrected chi connectivity index (χ2v) is 7.19. The van der Waals surface area contributed by atoms with Crippen LogP contribution in [0.4, 0.5) is 0 Å². The number of aryl methyl sites for hydroxylation is 3. The molecule has 3 aromatic rings. The van der Waals surface area contributed by atoms with Crippen LogP contribution in [0.2, 0.25) is 0 Å². The fourth-order valence-electron chi connectivity index (χ4n) is 2.69. The number of carbonyl (C=O) groups is 1. The van der Waals surface area contributed by atoms with Crippen LogP contribution in [-0.4, -0.2) is 48.2 Å². The molecule has 0 saturated heterocycles. The Morgan fingerprint density at radius 2 is 2.00 bits per heavy atom. The second-order valence-electron chi connectivity index (χ2n) is 6.25. The van der Waals surface area contributed by atoms with Crippen molar-refractivity contribution in [2.75, 3.05) is 12.3 Å². The SMILES string of the molecule is Cc1cc(C)n(CCCNC(=O)CSc2nnnn2Cc2ccccc2)n1. The van der Waals surface area contributed by atoms with Gasteiger partial charge in [-0.2, -0.15) is 5.10 Å². The molecule has 2 heterocycles. The van der Waals surface area contributed by atoms with Crippen LogP contribution in [-0.2, 0) is 17.9 Å². The van der Waals surface area contributed by atoms with Crippen molar-refractivity contribution in [2.24, 2.45) is 0 Å². The van der Waals surface area contributed by atoms with E-state index in [0.717, 1.165) is 29.9 Å². The van der Waals surface area contributed by atoms with E-state index in [1.807, 2.05) is 48.9 Å². The lowest BCUT2D eigenvalue weighted by atomic mass is 10.2. The van der Waals surface area contributed by atoms with Crippen LogP contribution in [0.3, 0.4) is 0 Å². The molecule has 0 aliphatic heterocycles. The van der Waals surface area contributed by atoms with Crippen LogP contribution in [0.1, 0.15) is 23.4 Å². The minimum absolute atomic E-state index is 0.0253. The van der Waals surface area contributed by atoms with Crippen LogP contribution in [0.5, 0.6) is 0 Å². The number of aromatic nitrogens is 6. The predicted octanol–water partition coefficient (Wildman–Crippen LogP) is 1.83. The first-order chi connectivity index (χ1) is 13.1. The van der Waals surface area contributed by atoms with Crippen LogP contribution in [0.15, 0.2) is 41.6 Å². The van der Waals surface area contributed by atoms with Gasteiger partial charge in [0.2, 0.25) is 11.1 Å².